The molecule has 0 radical (unpaired) electrons. The second-order valence-electron chi connectivity index (χ2n) is 6.87. The normalized spacial score (nSPS) is 13.8. The van der Waals surface area contributed by atoms with E-state index in [1.165, 1.54) is 5.48 Å². The Bertz CT molecular complexity index is 839. The van der Waals surface area contributed by atoms with Gasteiger partial charge in [0.25, 0.3) is 5.91 Å². The van der Waals surface area contributed by atoms with Crippen molar-refractivity contribution >= 4 is 17.7 Å². The first-order chi connectivity index (χ1) is 13.8. The number of primary amides is 1. The Balaban J connectivity index is 2.20. The van der Waals surface area contributed by atoms with E-state index < -0.39 is 35.8 Å². The molecule has 0 saturated carbocycles. The van der Waals surface area contributed by atoms with Crippen molar-refractivity contribution in [1.82, 2.24) is 10.8 Å². The molecule has 8 nitrogen and oxygen atoms in total. The number of aryl methyl sites for hydroxylation is 1. The summed E-state index contributed by atoms with van der Waals surface area (Å²) in [5.74, 6) is -3.81. The summed E-state index contributed by atoms with van der Waals surface area (Å²) in [6, 6.07) is 15.2. The van der Waals surface area contributed by atoms with Gasteiger partial charge in [-0.25, -0.2) is 5.48 Å². The van der Waals surface area contributed by atoms with E-state index in [1.54, 1.807) is 36.4 Å². The van der Waals surface area contributed by atoms with Crippen LogP contribution >= 0.6 is 0 Å². The topological polar surface area (TPSA) is 142 Å². The van der Waals surface area contributed by atoms with Crippen molar-refractivity contribution in [3.63, 3.8) is 0 Å². The van der Waals surface area contributed by atoms with Crippen molar-refractivity contribution in [3.8, 4) is 0 Å². The number of carbonyl (C=O) groups is 3. The summed E-state index contributed by atoms with van der Waals surface area (Å²) in [6.07, 6.45) is -1.62. The zero-order valence-electron chi connectivity index (χ0n) is 16.0. The SMILES string of the molecule is Cc1ccc(C[C@@H](C(=O)N[C@@H](Cc2ccccc2)C(N)=O)[C@H](O)C(=O)NO)cc1. The summed E-state index contributed by atoms with van der Waals surface area (Å²) < 4.78 is 0. The van der Waals surface area contributed by atoms with Crippen LogP contribution in [-0.4, -0.2) is 40.2 Å². The summed E-state index contributed by atoms with van der Waals surface area (Å²) in [5.41, 5.74) is 9.29. The molecule has 0 aliphatic carbocycles. The van der Waals surface area contributed by atoms with Crippen LogP contribution in [0.4, 0.5) is 0 Å². The van der Waals surface area contributed by atoms with Crippen LogP contribution in [0, 0.1) is 12.8 Å². The summed E-state index contributed by atoms with van der Waals surface area (Å²) >= 11 is 0. The van der Waals surface area contributed by atoms with Crippen LogP contribution in [-0.2, 0) is 27.2 Å². The second kappa shape index (κ2) is 10.4. The monoisotopic (exact) mass is 399 g/mol. The van der Waals surface area contributed by atoms with Gasteiger partial charge in [0.05, 0.1) is 5.92 Å². The number of rotatable bonds is 9. The standard InChI is InChI=1S/C21H25N3O5/c1-13-7-9-15(10-8-13)11-16(18(25)21(28)24-29)20(27)23-17(19(22)26)12-14-5-3-2-4-6-14/h2-10,16-18,25,29H,11-12H2,1H3,(H2,22,26)(H,23,27)(H,24,28)/t16-,17+,18+/m1/s1. The van der Waals surface area contributed by atoms with Gasteiger partial charge in [-0.1, -0.05) is 60.2 Å². The molecule has 154 valence electrons. The molecule has 0 spiro atoms. The molecule has 2 rings (SSSR count). The Labute approximate surface area is 168 Å². The molecule has 6 N–H and O–H groups in total. The maximum atomic E-state index is 12.8. The van der Waals surface area contributed by atoms with E-state index in [1.807, 2.05) is 25.1 Å². The Morgan fingerprint density at radius 3 is 2.07 bits per heavy atom. The molecule has 0 heterocycles. The molecular weight excluding hydrogens is 374 g/mol. The minimum atomic E-state index is -1.81. The number of carbonyl (C=O) groups excluding carboxylic acids is 3. The first-order valence-corrected chi connectivity index (χ1v) is 9.13. The molecule has 0 aliphatic rings. The average Bonchev–Trinajstić information content (AvgIpc) is 2.72. The fraction of sp³-hybridized carbons (Fsp3) is 0.286. The Morgan fingerprint density at radius 2 is 1.52 bits per heavy atom. The lowest BCUT2D eigenvalue weighted by Gasteiger charge is -2.24. The van der Waals surface area contributed by atoms with Crippen LogP contribution in [0.3, 0.4) is 0 Å². The minimum Gasteiger partial charge on any atom is -0.382 e. The van der Waals surface area contributed by atoms with Crippen LogP contribution < -0.4 is 16.5 Å². The van der Waals surface area contributed by atoms with Gasteiger partial charge >= 0.3 is 0 Å². The molecule has 0 saturated heterocycles. The van der Waals surface area contributed by atoms with Crippen LogP contribution in [0.2, 0.25) is 0 Å². The molecular formula is C21H25N3O5. The van der Waals surface area contributed by atoms with E-state index in [0.29, 0.717) is 5.56 Å². The molecule has 29 heavy (non-hydrogen) atoms. The minimum absolute atomic E-state index is 0.0253. The summed E-state index contributed by atoms with van der Waals surface area (Å²) in [5, 5.41) is 21.6. The number of benzene rings is 2. The molecule has 2 aromatic rings. The van der Waals surface area contributed by atoms with Gasteiger partial charge in [0.2, 0.25) is 11.8 Å². The third-order valence-electron chi connectivity index (χ3n) is 4.62. The molecule has 0 bridgehead atoms. The zero-order valence-corrected chi connectivity index (χ0v) is 16.0. The first-order valence-electron chi connectivity index (χ1n) is 9.13. The van der Waals surface area contributed by atoms with E-state index in [4.69, 9.17) is 10.9 Å². The number of nitrogens with two attached hydrogens (primary N) is 1. The first kappa shape index (κ1) is 22.1. The lowest BCUT2D eigenvalue weighted by molar-refractivity contribution is -0.146. The van der Waals surface area contributed by atoms with Gasteiger partial charge in [-0.2, -0.15) is 0 Å². The van der Waals surface area contributed by atoms with Gasteiger partial charge in [-0.15, -0.1) is 0 Å². The number of hydrogen-bond acceptors (Lipinski definition) is 5. The van der Waals surface area contributed by atoms with Gasteiger partial charge in [-0.3, -0.25) is 19.6 Å². The number of aliphatic hydroxyl groups excluding tert-OH is 1. The smallest absolute Gasteiger partial charge is 0.272 e. The van der Waals surface area contributed by atoms with E-state index in [2.05, 4.69) is 5.32 Å². The largest absolute Gasteiger partial charge is 0.382 e. The van der Waals surface area contributed by atoms with Crippen molar-refractivity contribution in [2.24, 2.45) is 11.7 Å². The molecule has 8 heteroatoms. The van der Waals surface area contributed by atoms with E-state index in [0.717, 1.165) is 11.1 Å². The average molecular weight is 399 g/mol. The number of nitrogens with one attached hydrogen (secondary N) is 2. The molecule has 0 aliphatic heterocycles. The van der Waals surface area contributed by atoms with Gasteiger partial charge in [-0.05, 0) is 24.5 Å². The lowest BCUT2D eigenvalue weighted by atomic mass is 9.91. The second-order valence-corrected chi connectivity index (χ2v) is 6.87. The van der Waals surface area contributed by atoms with Gasteiger partial charge in [0.15, 0.2) is 0 Å². The molecule has 2 aromatic carbocycles. The number of hydroxylamine groups is 1. The van der Waals surface area contributed by atoms with Crippen molar-refractivity contribution in [1.29, 1.82) is 0 Å². The van der Waals surface area contributed by atoms with Gasteiger partial charge < -0.3 is 16.2 Å². The molecule has 0 aromatic heterocycles. The molecule has 0 fully saturated rings. The number of amides is 3. The maximum absolute atomic E-state index is 12.8. The number of hydrogen-bond donors (Lipinski definition) is 5. The Kier molecular flexibility index (Phi) is 7.88. The van der Waals surface area contributed by atoms with Crippen LogP contribution in [0.25, 0.3) is 0 Å². The van der Waals surface area contributed by atoms with Crippen LogP contribution in [0.15, 0.2) is 54.6 Å². The highest BCUT2D eigenvalue weighted by atomic mass is 16.5. The molecule has 3 atom stereocenters. The quantitative estimate of drug-likeness (QED) is 0.303. The third kappa shape index (κ3) is 6.41. The Hall–Kier alpha value is -3.23. The third-order valence-corrected chi connectivity index (χ3v) is 4.62. The predicted octanol–water partition coefficient (Wildman–Crippen LogP) is 0.233. The zero-order chi connectivity index (χ0) is 21.4. The van der Waals surface area contributed by atoms with Crippen molar-refractivity contribution in [2.45, 2.75) is 31.9 Å². The fourth-order valence-electron chi connectivity index (χ4n) is 2.93. The highest BCUT2D eigenvalue weighted by Crippen LogP contribution is 2.16. The number of aliphatic hydroxyl groups is 1. The summed E-state index contributed by atoms with van der Waals surface area (Å²) in [6.45, 7) is 1.91. The highest BCUT2D eigenvalue weighted by Gasteiger charge is 2.34. The fourth-order valence-corrected chi connectivity index (χ4v) is 2.93. The summed E-state index contributed by atoms with van der Waals surface area (Å²) in [7, 11) is 0. The van der Waals surface area contributed by atoms with E-state index in [9.17, 15) is 19.5 Å². The van der Waals surface area contributed by atoms with Crippen LogP contribution in [0.5, 0.6) is 0 Å². The lowest BCUT2D eigenvalue weighted by Crippen LogP contribution is -2.52. The highest BCUT2D eigenvalue weighted by molar-refractivity contribution is 5.92. The summed E-state index contributed by atoms with van der Waals surface area (Å²) in [4.78, 5) is 36.4. The predicted molar refractivity (Wildman–Crippen MR) is 106 cm³/mol. The maximum Gasteiger partial charge on any atom is 0.272 e. The van der Waals surface area contributed by atoms with Crippen molar-refractivity contribution in [2.75, 3.05) is 0 Å². The van der Waals surface area contributed by atoms with Crippen molar-refractivity contribution < 1.29 is 24.7 Å². The van der Waals surface area contributed by atoms with Gasteiger partial charge in [0, 0.05) is 6.42 Å². The molecule has 3 amide bonds. The van der Waals surface area contributed by atoms with E-state index >= 15 is 0 Å². The molecule has 0 unspecified atom stereocenters. The van der Waals surface area contributed by atoms with Crippen molar-refractivity contribution in [3.05, 3.63) is 71.3 Å². The Morgan fingerprint density at radius 1 is 0.931 bits per heavy atom. The van der Waals surface area contributed by atoms with Crippen LogP contribution in [0.1, 0.15) is 16.7 Å². The van der Waals surface area contributed by atoms with Gasteiger partial charge in [0.1, 0.15) is 12.1 Å². The van der Waals surface area contributed by atoms with E-state index in [-0.39, 0.29) is 12.8 Å².